The van der Waals surface area contributed by atoms with E-state index in [0.717, 1.165) is 16.6 Å². The summed E-state index contributed by atoms with van der Waals surface area (Å²) < 4.78 is 28.2. The minimum atomic E-state index is -0.492. The summed E-state index contributed by atoms with van der Waals surface area (Å²) in [5.41, 5.74) is 4.70. The molecule has 5 rings (SSSR count). The molecule has 0 radical (unpaired) electrons. The average Bonchev–Trinajstić information content (AvgIpc) is 3.15. The Kier molecular flexibility index (Phi) is 5.79. The Bertz CT molecular complexity index is 1350. The lowest BCUT2D eigenvalue weighted by atomic mass is 10.0. The summed E-state index contributed by atoms with van der Waals surface area (Å²) in [4.78, 5) is 18.4. The number of rotatable bonds is 3. The van der Waals surface area contributed by atoms with Crippen molar-refractivity contribution in [2.24, 2.45) is 0 Å². The van der Waals surface area contributed by atoms with E-state index in [0.29, 0.717) is 49.0 Å². The lowest BCUT2D eigenvalue weighted by Crippen LogP contribution is -2.47. The Balaban J connectivity index is 1.62. The number of fused-ring (bicyclic) bond motifs is 2. The first-order chi connectivity index (χ1) is 16.4. The summed E-state index contributed by atoms with van der Waals surface area (Å²) in [5, 5.41) is 3.32. The highest BCUT2D eigenvalue weighted by Gasteiger charge is 2.29. The van der Waals surface area contributed by atoms with Crippen molar-refractivity contribution in [1.82, 2.24) is 14.5 Å². The molecule has 0 bridgehead atoms. The van der Waals surface area contributed by atoms with Crippen molar-refractivity contribution in [3.05, 3.63) is 64.6 Å². The van der Waals surface area contributed by atoms with Crippen LogP contribution in [0.1, 0.15) is 11.1 Å². The Morgan fingerprint density at radius 3 is 3.00 bits per heavy atom. The molecular weight excluding hydrogens is 459 g/mol. The first kappa shape index (κ1) is 22.4. The molecule has 0 unspecified atom stereocenters. The molecule has 2 aliphatic rings. The smallest absolute Gasteiger partial charge is 0.409 e. The molecule has 2 aliphatic heterocycles. The van der Waals surface area contributed by atoms with Gasteiger partial charge < -0.3 is 24.3 Å². The molecule has 0 aliphatic carbocycles. The maximum atomic E-state index is 15.5. The van der Waals surface area contributed by atoms with E-state index in [1.165, 1.54) is 13.2 Å². The molecule has 0 spiro atoms. The van der Waals surface area contributed by atoms with Crippen molar-refractivity contribution in [3.8, 4) is 11.4 Å². The van der Waals surface area contributed by atoms with Gasteiger partial charge in [-0.05, 0) is 42.8 Å². The van der Waals surface area contributed by atoms with Crippen molar-refractivity contribution in [2.75, 3.05) is 32.1 Å². The van der Waals surface area contributed by atoms with Gasteiger partial charge in [0.25, 0.3) is 0 Å². The fourth-order valence-corrected chi connectivity index (χ4v) is 4.79. The van der Waals surface area contributed by atoms with Gasteiger partial charge in [0.05, 0.1) is 60.2 Å². The highest BCUT2D eigenvalue weighted by atomic mass is 35.5. The first-order valence-electron chi connectivity index (χ1n) is 10.9. The highest BCUT2D eigenvalue weighted by molar-refractivity contribution is 6.35. The fraction of sp³-hybridized carbons (Fsp3) is 0.280. The van der Waals surface area contributed by atoms with Crippen molar-refractivity contribution >= 4 is 40.5 Å². The van der Waals surface area contributed by atoms with E-state index in [1.54, 1.807) is 11.0 Å². The number of anilines is 1. The second-order valence-corrected chi connectivity index (χ2v) is 8.82. The molecule has 1 aromatic heterocycles. The number of aromatic nitrogens is 2. The number of morpholine rings is 1. The second kappa shape index (κ2) is 8.77. The Hall–Kier alpha value is -3.36. The number of allylic oxidation sites excluding steroid dienone is 1. The molecule has 1 atom stereocenters. The number of halogens is 2. The van der Waals surface area contributed by atoms with Gasteiger partial charge in [0.2, 0.25) is 0 Å². The van der Waals surface area contributed by atoms with Crippen LogP contribution < -0.4 is 5.32 Å². The molecule has 0 saturated carbocycles. The number of carbonyl (C=O) groups is 1. The number of imidazole rings is 1. The largest absolute Gasteiger partial charge is 0.453 e. The summed E-state index contributed by atoms with van der Waals surface area (Å²) in [6.07, 6.45) is 2.88. The number of nitrogens with one attached hydrogen (secondary N) is 1. The van der Waals surface area contributed by atoms with Crippen LogP contribution in [0.4, 0.5) is 14.9 Å². The number of amides is 1. The standard InChI is InChI=1S/C25H24ClFN4O3/c1-14-4-7-21-20(10-14)29-24(31(21)13-16-12-30(8-9-34-16)25(32)33-3)22-18(27)11-19-17(23(22)26)6-5-15(2)28-19/h4-7,10-11,16,28H,2,8-9,12-13H2,1,3H3/t16-/m1/s1. The second-order valence-electron chi connectivity index (χ2n) is 8.44. The Morgan fingerprint density at radius 2 is 2.21 bits per heavy atom. The SMILES string of the molecule is C=C1C=Cc2c(cc(F)c(-c3nc4cc(C)ccc4n3C[C@H]3CN(C(=O)OC)CCO3)c2Cl)N1. The molecule has 3 aromatic rings. The Morgan fingerprint density at radius 1 is 1.38 bits per heavy atom. The van der Waals surface area contributed by atoms with Crippen LogP contribution in [0.3, 0.4) is 0 Å². The maximum Gasteiger partial charge on any atom is 0.409 e. The molecule has 9 heteroatoms. The maximum absolute atomic E-state index is 15.5. The van der Waals surface area contributed by atoms with E-state index in [4.69, 9.17) is 26.1 Å². The number of hydrogen-bond acceptors (Lipinski definition) is 5. The first-order valence-corrected chi connectivity index (χ1v) is 11.3. The summed E-state index contributed by atoms with van der Waals surface area (Å²) in [6.45, 7) is 7.40. The third-order valence-electron chi connectivity index (χ3n) is 6.09. The van der Waals surface area contributed by atoms with E-state index in [2.05, 4.69) is 11.9 Å². The van der Waals surface area contributed by atoms with Gasteiger partial charge in [-0.3, -0.25) is 0 Å². The van der Waals surface area contributed by atoms with Gasteiger partial charge in [-0.2, -0.15) is 0 Å². The van der Waals surface area contributed by atoms with Crippen molar-refractivity contribution < 1.29 is 18.7 Å². The minimum absolute atomic E-state index is 0.217. The lowest BCUT2D eigenvalue weighted by Gasteiger charge is -2.32. The number of ether oxygens (including phenoxy) is 2. The van der Waals surface area contributed by atoms with Crippen LogP contribution in [0.15, 0.2) is 42.6 Å². The van der Waals surface area contributed by atoms with Gasteiger partial charge in [0, 0.05) is 17.8 Å². The number of benzene rings is 2. The van der Waals surface area contributed by atoms with Crippen LogP contribution in [-0.2, 0) is 16.0 Å². The van der Waals surface area contributed by atoms with Gasteiger partial charge in [-0.15, -0.1) is 0 Å². The number of aryl methyl sites for hydroxylation is 1. The van der Waals surface area contributed by atoms with Crippen LogP contribution in [0.5, 0.6) is 0 Å². The highest BCUT2D eigenvalue weighted by Crippen LogP contribution is 2.41. The van der Waals surface area contributed by atoms with Gasteiger partial charge in [-0.1, -0.05) is 24.2 Å². The van der Waals surface area contributed by atoms with Gasteiger partial charge in [0.1, 0.15) is 11.6 Å². The van der Waals surface area contributed by atoms with Gasteiger partial charge >= 0.3 is 6.09 Å². The zero-order valence-electron chi connectivity index (χ0n) is 18.9. The molecule has 34 heavy (non-hydrogen) atoms. The lowest BCUT2D eigenvalue weighted by molar-refractivity contribution is -0.0310. The molecule has 2 aromatic carbocycles. The predicted molar refractivity (Wildman–Crippen MR) is 130 cm³/mol. The normalized spacial score (nSPS) is 17.6. The van der Waals surface area contributed by atoms with E-state index in [1.807, 2.05) is 35.8 Å². The summed E-state index contributed by atoms with van der Waals surface area (Å²) in [5.74, 6) is -0.0872. The van der Waals surface area contributed by atoms with Crippen LogP contribution in [0.2, 0.25) is 5.02 Å². The fourth-order valence-electron chi connectivity index (χ4n) is 4.45. The van der Waals surface area contributed by atoms with Crippen LogP contribution in [0, 0.1) is 12.7 Å². The molecule has 176 valence electrons. The topological polar surface area (TPSA) is 68.6 Å². The van der Waals surface area contributed by atoms with E-state index in [9.17, 15) is 4.79 Å². The molecular formula is C25H24ClFN4O3. The van der Waals surface area contributed by atoms with Crippen LogP contribution >= 0.6 is 11.6 Å². The molecule has 1 saturated heterocycles. The summed E-state index contributed by atoms with van der Waals surface area (Å²) in [7, 11) is 1.36. The zero-order valence-corrected chi connectivity index (χ0v) is 19.7. The quantitative estimate of drug-likeness (QED) is 0.554. The third kappa shape index (κ3) is 3.93. The van der Waals surface area contributed by atoms with Crippen molar-refractivity contribution in [1.29, 1.82) is 0 Å². The third-order valence-corrected chi connectivity index (χ3v) is 6.48. The summed E-state index contributed by atoms with van der Waals surface area (Å²) in [6, 6.07) is 7.30. The predicted octanol–water partition coefficient (Wildman–Crippen LogP) is 5.22. The molecule has 3 heterocycles. The van der Waals surface area contributed by atoms with E-state index < -0.39 is 11.9 Å². The number of hydrogen-bond donors (Lipinski definition) is 1. The van der Waals surface area contributed by atoms with E-state index >= 15 is 4.39 Å². The molecule has 1 N–H and O–H groups in total. The molecule has 1 fully saturated rings. The molecule has 1 amide bonds. The average molecular weight is 483 g/mol. The van der Waals surface area contributed by atoms with Crippen LogP contribution in [0.25, 0.3) is 28.5 Å². The number of methoxy groups -OCH3 is 1. The van der Waals surface area contributed by atoms with Crippen molar-refractivity contribution in [2.45, 2.75) is 19.6 Å². The van der Waals surface area contributed by atoms with Crippen molar-refractivity contribution in [3.63, 3.8) is 0 Å². The number of nitrogens with zero attached hydrogens (tertiary/aromatic N) is 3. The summed E-state index contributed by atoms with van der Waals surface area (Å²) >= 11 is 6.76. The van der Waals surface area contributed by atoms with Gasteiger partial charge in [0.15, 0.2) is 0 Å². The minimum Gasteiger partial charge on any atom is -0.453 e. The van der Waals surface area contributed by atoms with Gasteiger partial charge in [-0.25, -0.2) is 14.2 Å². The number of carbonyl (C=O) groups excluding carboxylic acids is 1. The molecule has 7 nitrogen and oxygen atoms in total. The van der Waals surface area contributed by atoms with E-state index in [-0.39, 0.29) is 16.7 Å². The zero-order chi connectivity index (χ0) is 24.0. The Labute approximate surface area is 201 Å². The monoisotopic (exact) mass is 482 g/mol. The van der Waals surface area contributed by atoms with Crippen LogP contribution in [-0.4, -0.2) is 53.5 Å².